The first-order valence-corrected chi connectivity index (χ1v) is 4.42. The second-order valence-corrected chi connectivity index (χ2v) is 4.37. The summed E-state index contributed by atoms with van der Waals surface area (Å²) in [6, 6.07) is 4.14. The molecule has 12 heavy (non-hydrogen) atoms. The topological polar surface area (TPSA) is 12.9 Å². The minimum Gasteiger partial charge on any atom is -0.264 e. The zero-order valence-corrected chi connectivity index (χ0v) is 8.33. The molecule has 1 nitrogen and oxygen atoms in total. The second kappa shape index (κ2) is 3.26. The predicted octanol–water partition coefficient (Wildman–Crippen LogP) is 3.23. The van der Waals surface area contributed by atoms with Gasteiger partial charge in [0, 0.05) is 12.4 Å². The number of rotatable bonds is 1. The van der Waals surface area contributed by atoms with E-state index in [2.05, 4.69) is 38.7 Å². The van der Waals surface area contributed by atoms with Gasteiger partial charge in [-0.15, -0.1) is 0 Å². The molecule has 0 N–H and O–H groups in total. The lowest BCUT2D eigenvalue weighted by Gasteiger charge is -2.27. The van der Waals surface area contributed by atoms with Crippen LogP contribution < -0.4 is 0 Å². The van der Waals surface area contributed by atoms with Gasteiger partial charge in [-0.05, 0) is 23.0 Å². The van der Waals surface area contributed by atoms with Crippen LogP contribution in [0.25, 0.3) is 0 Å². The Balaban J connectivity index is 2.86. The normalized spacial score (nSPS) is 14.3. The van der Waals surface area contributed by atoms with Crippen LogP contribution in [0.4, 0.5) is 0 Å². The summed E-state index contributed by atoms with van der Waals surface area (Å²) in [5.41, 5.74) is 1.65. The van der Waals surface area contributed by atoms with Gasteiger partial charge in [0.15, 0.2) is 0 Å². The molecule has 0 aromatic carbocycles. The fraction of sp³-hybridized carbons (Fsp3) is 0.545. The molecule has 0 saturated heterocycles. The molecule has 0 aliphatic heterocycles. The summed E-state index contributed by atoms with van der Waals surface area (Å²) < 4.78 is 0. The molecule has 0 unspecified atom stereocenters. The molecule has 0 fully saturated rings. The van der Waals surface area contributed by atoms with Crippen LogP contribution in [0.1, 0.15) is 39.2 Å². The molecule has 0 aliphatic carbocycles. The van der Waals surface area contributed by atoms with E-state index in [4.69, 9.17) is 0 Å². The van der Waals surface area contributed by atoms with Crippen LogP contribution in [-0.2, 0) is 0 Å². The maximum Gasteiger partial charge on any atom is 0.0302 e. The highest BCUT2D eigenvalue weighted by Crippen LogP contribution is 2.33. The molecule has 1 heterocycles. The number of pyridine rings is 1. The minimum absolute atomic E-state index is 0.322. The Bertz CT molecular complexity index is 233. The summed E-state index contributed by atoms with van der Waals surface area (Å²) in [6.45, 7) is 9.01. The first-order valence-electron chi connectivity index (χ1n) is 4.42. The lowest BCUT2D eigenvalue weighted by atomic mass is 9.78. The van der Waals surface area contributed by atoms with Gasteiger partial charge in [0.1, 0.15) is 0 Å². The van der Waals surface area contributed by atoms with E-state index in [-0.39, 0.29) is 0 Å². The highest BCUT2D eigenvalue weighted by molar-refractivity contribution is 5.15. The van der Waals surface area contributed by atoms with E-state index in [1.54, 1.807) is 0 Å². The summed E-state index contributed by atoms with van der Waals surface area (Å²) in [5.74, 6) is 0.561. The smallest absolute Gasteiger partial charge is 0.0302 e. The summed E-state index contributed by atoms with van der Waals surface area (Å²) in [7, 11) is 0. The van der Waals surface area contributed by atoms with Crippen molar-refractivity contribution < 1.29 is 0 Å². The van der Waals surface area contributed by atoms with Crippen molar-refractivity contribution in [2.45, 2.75) is 33.6 Å². The highest BCUT2D eigenvalue weighted by atomic mass is 14.6. The number of nitrogens with zero attached hydrogens (tertiary/aromatic N) is 1. The summed E-state index contributed by atoms with van der Waals surface area (Å²) >= 11 is 0. The standard InChI is InChI=1S/C11H17N/c1-9(11(2,3)4)10-6-5-7-12-8-10/h5-9H,1-4H3/t9-/m0/s1. The first kappa shape index (κ1) is 9.24. The summed E-state index contributed by atoms with van der Waals surface area (Å²) in [5, 5.41) is 0. The maximum atomic E-state index is 4.12. The largest absolute Gasteiger partial charge is 0.264 e. The fourth-order valence-corrected chi connectivity index (χ4v) is 1.13. The molecule has 0 amide bonds. The van der Waals surface area contributed by atoms with E-state index < -0.39 is 0 Å². The van der Waals surface area contributed by atoms with Crippen LogP contribution in [0.2, 0.25) is 0 Å². The van der Waals surface area contributed by atoms with Crippen LogP contribution in [0.15, 0.2) is 24.5 Å². The molecule has 0 aliphatic rings. The molecule has 0 saturated carbocycles. The molecule has 0 bridgehead atoms. The van der Waals surface area contributed by atoms with Gasteiger partial charge in [-0.2, -0.15) is 0 Å². The predicted molar refractivity (Wildman–Crippen MR) is 52.1 cm³/mol. The lowest BCUT2D eigenvalue weighted by Crippen LogP contribution is -2.15. The third kappa shape index (κ3) is 2.07. The van der Waals surface area contributed by atoms with Crippen molar-refractivity contribution in [2.75, 3.05) is 0 Å². The van der Waals surface area contributed by atoms with E-state index in [9.17, 15) is 0 Å². The van der Waals surface area contributed by atoms with Gasteiger partial charge in [0.05, 0.1) is 0 Å². The maximum absolute atomic E-state index is 4.12. The Morgan fingerprint density at radius 2 is 2.00 bits per heavy atom. The third-order valence-electron chi connectivity index (χ3n) is 2.48. The number of aromatic nitrogens is 1. The second-order valence-electron chi connectivity index (χ2n) is 4.37. The van der Waals surface area contributed by atoms with Gasteiger partial charge in [0.2, 0.25) is 0 Å². The molecule has 1 aromatic rings. The average Bonchev–Trinajstić information content (AvgIpc) is 2.03. The minimum atomic E-state index is 0.322. The van der Waals surface area contributed by atoms with Crippen molar-refractivity contribution in [3.63, 3.8) is 0 Å². The summed E-state index contributed by atoms with van der Waals surface area (Å²) in [4.78, 5) is 4.12. The van der Waals surface area contributed by atoms with Gasteiger partial charge >= 0.3 is 0 Å². The van der Waals surface area contributed by atoms with Crippen molar-refractivity contribution >= 4 is 0 Å². The van der Waals surface area contributed by atoms with Gasteiger partial charge < -0.3 is 0 Å². The molecule has 1 rings (SSSR count). The molecule has 1 atom stereocenters. The Labute approximate surface area is 74.8 Å². The third-order valence-corrected chi connectivity index (χ3v) is 2.48. The van der Waals surface area contributed by atoms with Crippen molar-refractivity contribution in [3.8, 4) is 0 Å². The van der Waals surface area contributed by atoms with E-state index in [1.807, 2.05) is 18.5 Å². The van der Waals surface area contributed by atoms with E-state index in [1.165, 1.54) is 5.56 Å². The first-order chi connectivity index (χ1) is 5.52. The van der Waals surface area contributed by atoms with Crippen molar-refractivity contribution in [3.05, 3.63) is 30.1 Å². The van der Waals surface area contributed by atoms with Gasteiger partial charge in [-0.1, -0.05) is 33.8 Å². The van der Waals surface area contributed by atoms with E-state index in [0.717, 1.165) is 0 Å². The van der Waals surface area contributed by atoms with E-state index in [0.29, 0.717) is 11.3 Å². The highest BCUT2D eigenvalue weighted by Gasteiger charge is 2.21. The van der Waals surface area contributed by atoms with Gasteiger partial charge in [-0.25, -0.2) is 0 Å². The SMILES string of the molecule is C[C@@H](c1cccnc1)C(C)(C)C. The quantitative estimate of drug-likeness (QED) is 0.619. The molecule has 1 heteroatoms. The van der Waals surface area contributed by atoms with E-state index >= 15 is 0 Å². The Kier molecular flexibility index (Phi) is 2.51. The molecular weight excluding hydrogens is 146 g/mol. The van der Waals surface area contributed by atoms with Crippen molar-refractivity contribution in [1.82, 2.24) is 4.98 Å². The van der Waals surface area contributed by atoms with Crippen molar-refractivity contribution in [1.29, 1.82) is 0 Å². The summed E-state index contributed by atoms with van der Waals surface area (Å²) in [6.07, 6.45) is 3.77. The monoisotopic (exact) mass is 163 g/mol. The molecule has 0 radical (unpaired) electrons. The molecular formula is C11H17N. The lowest BCUT2D eigenvalue weighted by molar-refractivity contribution is 0.339. The zero-order chi connectivity index (χ0) is 9.19. The van der Waals surface area contributed by atoms with Gasteiger partial charge in [-0.3, -0.25) is 4.98 Å². The Morgan fingerprint density at radius 1 is 1.33 bits per heavy atom. The average molecular weight is 163 g/mol. The van der Waals surface area contributed by atoms with Crippen LogP contribution in [0.5, 0.6) is 0 Å². The Hall–Kier alpha value is -0.850. The van der Waals surface area contributed by atoms with Gasteiger partial charge in [0.25, 0.3) is 0 Å². The van der Waals surface area contributed by atoms with Crippen LogP contribution in [0, 0.1) is 5.41 Å². The van der Waals surface area contributed by atoms with Crippen LogP contribution >= 0.6 is 0 Å². The molecule has 0 spiro atoms. The van der Waals surface area contributed by atoms with Crippen LogP contribution in [-0.4, -0.2) is 4.98 Å². The zero-order valence-electron chi connectivity index (χ0n) is 8.33. The fourth-order valence-electron chi connectivity index (χ4n) is 1.13. The number of hydrogen-bond donors (Lipinski definition) is 0. The number of hydrogen-bond acceptors (Lipinski definition) is 1. The Morgan fingerprint density at radius 3 is 2.42 bits per heavy atom. The molecule has 66 valence electrons. The van der Waals surface area contributed by atoms with Crippen LogP contribution in [0.3, 0.4) is 0 Å². The van der Waals surface area contributed by atoms with Crippen molar-refractivity contribution in [2.24, 2.45) is 5.41 Å². The molecule has 1 aromatic heterocycles.